The molecule has 0 bridgehead atoms. The lowest BCUT2D eigenvalue weighted by Crippen LogP contribution is -2.57. The summed E-state index contributed by atoms with van der Waals surface area (Å²) < 4.78 is 47.9. The zero-order valence-corrected chi connectivity index (χ0v) is 13.0. The lowest BCUT2D eigenvalue weighted by molar-refractivity contribution is -0.108. The van der Waals surface area contributed by atoms with Crippen molar-refractivity contribution in [3.05, 3.63) is 60.7 Å². The second-order valence-corrected chi connectivity index (χ2v) is 9.56. The van der Waals surface area contributed by atoms with E-state index in [1.165, 1.54) is 0 Å². The molecule has 4 nitrogen and oxygen atoms in total. The number of hydrogen-bond donors (Lipinski definition) is 0. The van der Waals surface area contributed by atoms with Crippen LogP contribution in [0, 0.1) is 0 Å². The summed E-state index contributed by atoms with van der Waals surface area (Å²) in [6.45, 7) is 1.66. The minimum absolute atomic E-state index is 0.672. The van der Waals surface area contributed by atoms with Crippen molar-refractivity contribution in [1.82, 2.24) is 0 Å². The fourth-order valence-corrected chi connectivity index (χ4v) is 6.92. The highest BCUT2D eigenvalue weighted by Gasteiger charge is 2.45. The van der Waals surface area contributed by atoms with E-state index in [1.54, 1.807) is 67.2 Å². The highest BCUT2D eigenvalue weighted by molar-refractivity contribution is 7.50. The lowest BCUT2D eigenvalue weighted by Gasteiger charge is -2.28. The van der Waals surface area contributed by atoms with Gasteiger partial charge < -0.3 is 4.21 Å². The zero-order valence-electron chi connectivity index (χ0n) is 11.1. The fraction of sp³-hybridized carbons (Fsp3) is 0.0769. The Morgan fingerprint density at radius 2 is 1.24 bits per heavy atom. The molecule has 21 heavy (non-hydrogen) atoms. The molecule has 2 rings (SSSR count). The van der Waals surface area contributed by atoms with Crippen molar-refractivity contribution in [1.29, 1.82) is 0 Å². The van der Waals surface area contributed by atoms with Crippen LogP contribution in [0.3, 0.4) is 0 Å². The lowest BCUT2D eigenvalue weighted by atomic mass is 10.4. The van der Waals surface area contributed by atoms with Crippen molar-refractivity contribution in [2.45, 2.75) is 6.55 Å². The van der Waals surface area contributed by atoms with E-state index in [-0.39, 0.29) is 0 Å². The van der Waals surface area contributed by atoms with Crippen LogP contribution in [-0.2, 0) is 18.2 Å². The highest BCUT2D eigenvalue weighted by atomic mass is 31.2. The normalized spacial score (nSPS) is 12.3. The van der Waals surface area contributed by atoms with E-state index in [1.807, 2.05) is 0 Å². The SMILES string of the molecule is C[Si](OP(=O)(OF)OF)(c1ccccc1)c1ccccc1. The third-order valence-corrected chi connectivity index (χ3v) is 8.68. The van der Waals surface area contributed by atoms with Gasteiger partial charge in [-0.25, -0.2) is 4.57 Å². The molecule has 0 fully saturated rings. The fourth-order valence-electron chi connectivity index (χ4n) is 2.05. The maximum absolute atomic E-state index is 12.4. The molecule has 0 atom stereocenters. The summed E-state index contributed by atoms with van der Waals surface area (Å²) in [7, 11) is -8.08. The summed E-state index contributed by atoms with van der Waals surface area (Å²) in [6.07, 6.45) is 0. The Hall–Kier alpha value is -1.37. The summed E-state index contributed by atoms with van der Waals surface area (Å²) in [6, 6.07) is 17.5. The molecule has 0 heterocycles. The van der Waals surface area contributed by atoms with Crippen LogP contribution in [0.1, 0.15) is 0 Å². The van der Waals surface area contributed by atoms with E-state index in [0.717, 1.165) is 0 Å². The van der Waals surface area contributed by atoms with Crippen molar-refractivity contribution in [3.8, 4) is 0 Å². The van der Waals surface area contributed by atoms with Crippen LogP contribution in [0.5, 0.6) is 0 Å². The second kappa shape index (κ2) is 6.59. The Balaban J connectivity index is 2.53. The van der Waals surface area contributed by atoms with E-state index in [9.17, 15) is 13.6 Å². The molecule has 0 aliphatic heterocycles. The topological polar surface area (TPSA) is 44.8 Å². The molecule has 2 aromatic rings. The zero-order chi connectivity index (χ0) is 15.3. The summed E-state index contributed by atoms with van der Waals surface area (Å²) >= 11 is 0. The molecule has 2 aromatic carbocycles. The van der Waals surface area contributed by atoms with Crippen molar-refractivity contribution >= 4 is 26.5 Å². The number of benzene rings is 2. The van der Waals surface area contributed by atoms with Crippen LogP contribution in [0.15, 0.2) is 60.7 Å². The molecule has 0 spiro atoms. The van der Waals surface area contributed by atoms with E-state index in [2.05, 4.69) is 9.46 Å². The van der Waals surface area contributed by atoms with Crippen molar-refractivity contribution in [2.24, 2.45) is 0 Å². The second-order valence-electron chi connectivity index (χ2n) is 4.44. The van der Waals surface area contributed by atoms with Crippen LogP contribution in [0.25, 0.3) is 0 Å². The molecule has 0 unspecified atom stereocenters. The molecule has 0 aliphatic rings. The monoisotopic (exact) mass is 330 g/mol. The standard InChI is InChI=1S/C13H13F2O4PSi/c1-21(12-8-4-2-5-9-12,13-10-6-3-7-11-13)19-20(16,17-14)18-15/h2-11H,1H3. The molecular formula is C13H13F2O4PSi. The van der Waals surface area contributed by atoms with Gasteiger partial charge in [-0.2, -0.15) is 0 Å². The number of hydrogen-bond acceptors (Lipinski definition) is 4. The van der Waals surface area contributed by atoms with Gasteiger partial charge in [0.05, 0.1) is 0 Å². The van der Waals surface area contributed by atoms with Gasteiger partial charge >= 0.3 is 7.82 Å². The summed E-state index contributed by atoms with van der Waals surface area (Å²) in [5.74, 6) is 0. The van der Waals surface area contributed by atoms with Gasteiger partial charge in [-0.05, 0) is 26.0 Å². The maximum atomic E-state index is 12.4. The van der Waals surface area contributed by atoms with Gasteiger partial charge in [-0.1, -0.05) is 70.1 Å². The largest absolute Gasteiger partial charge is 0.528 e. The van der Waals surface area contributed by atoms with Gasteiger partial charge in [0, 0.05) is 0 Å². The average molecular weight is 330 g/mol. The van der Waals surface area contributed by atoms with Crippen molar-refractivity contribution in [3.63, 3.8) is 0 Å². The van der Waals surface area contributed by atoms with Gasteiger partial charge in [0.15, 0.2) is 0 Å². The summed E-state index contributed by atoms with van der Waals surface area (Å²) in [5, 5.41) is 1.34. The van der Waals surface area contributed by atoms with Gasteiger partial charge in [0.25, 0.3) is 8.32 Å². The Morgan fingerprint density at radius 1 is 0.857 bits per heavy atom. The Bertz CT molecular complexity index is 579. The Morgan fingerprint density at radius 3 is 1.57 bits per heavy atom. The smallest absolute Gasteiger partial charge is 0.317 e. The van der Waals surface area contributed by atoms with Crippen LogP contribution < -0.4 is 10.4 Å². The average Bonchev–Trinajstić information content (AvgIpc) is 2.56. The first-order valence-electron chi connectivity index (χ1n) is 6.06. The van der Waals surface area contributed by atoms with E-state index >= 15 is 0 Å². The Kier molecular flexibility index (Phi) is 5.03. The van der Waals surface area contributed by atoms with Crippen LogP contribution >= 0.6 is 7.82 Å². The first-order valence-corrected chi connectivity index (χ1v) is 9.93. The van der Waals surface area contributed by atoms with E-state index in [0.29, 0.717) is 10.4 Å². The minimum atomic E-state index is -4.91. The van der Waals surface area contributed by atoms with Crippen molar-refractivity contribution in [2.75, 3.05) is 0 Å². The van der Waals surface area contributed by atoms with E-state index < -0.39 is 16.1 Å². The molecular weight excluding hydrogens is 317 g/mol. The summed E-state index contributed by atoms with van der Waals surface area (Å²) in [5.41, 5.74) is 0. The molecule has 112 valence electrons. The molecule has 0 aromatic heterocycles. The highest BCUT2D eigenvalue weighted by Crippen LogP contribution is 2.52. The van der Waals surface area contributed by atoms with Crippen LogP contribution in [-0.4, -0.2) is 8.32 Å². The molecule has 0 N–H and O–H groups in total. The number of rotatable bonds is 6. The predicted molar refractivity (Wildman–Crippen MR) is 76.8 cm³/mol. The quantitative estimate of drug-likeness (QED) is 0.602. The molecule has 0 saturated heterocycles. The van der Waals surface area contributed by atoms with Gasteiger partial charge in [0.2, 0.25) is 0 Å². The molecule has 0 amide bonds. The van der Waals surface area contributed by atoms with Gasteiger partial charge in [-0.3, -0.25) is 0 Å². The number of halogens is 2. The molecule has 8 heteroatoms. The van der Waals surface area contributed by atoms with Gasteiger partial charge in [-0.15, -0.1) is 0 Å². The molecule has 0 radical (unpaired) electrons. The van der Waals surface area contributed by atoms with Crippen LogP contribution in [0.2, 0.25) is 6.55 Å². The molecule has 0 aliphatic carbocycles. The predicted octanol–water partition coefficient (Wildman–Crippen LogP) is 3.30. The third-order valence-electron chi connectivity index (χ3n) is 3.11. The Labute approximate surface area is 121 Å². The third kappa shape index (κ3) is 3.45. The van der Waals surface area contributed by atoms with Crippen molar-refractivity contribution < 1.29 is 27.3 Å². The number of phosphoric acid groups is 1. The molecule has 0 saturated carbocycles. The minimum Gasteiger partial charge on any atom is -0.317 e. The van der Waals surface area contributed by atoms with Gasteiger partial charge in [0.1, 0.15) is 0 Å². The maximum Gasteiger partial charge on any atom is 0.528 e. The first kappa shape index (κ1) is 16.0. The first-order chi connectivity index (χ1) is 10.0. The summed E-state index contributed by atoms with van der Waals surface area (Å²) in [4.78, 5) is 0. The van der Waals surface area contributed by atoms with E-state index in [4.69, 9.17) is 4.21 Å². The van der Waals surface area contributed by atoms with Crippen LogP contribution in [0.4, 0.5) is 9.05 Å².